The summed E-state index contributed by atoms with van der Waals surface area (Å²) in [7, 11) is 1.44. The monoisotopic (exact) mass is 719 g/mol. The van der Waals surface area contributed by atoms with Crippen molar-refractivity contribution in [1.82, 2.24) is 24.7 Å². The van der Waals surface area contributed by atoms with Crippen LogP contribution in [-0.4, -0.2) is 55.0 Å². The van der Waals surface area contributed by atoms with E-state index in [9.17, 15) is 23.5 Å². The van der Waals surface area contributed by atoms with Crippen molar-refractivity contribution in [2.45, 2.75) is 64.1 Å². The number of pyridine rings is 1. The van der Waals surface area contributed by atoms with Gasteiger partial charge in [-0.15, -0.1) is 4.68 Å². The number of nitrogens with two attached hydrogens (primary N) is 1. The minimum Gasteiger partial charge on any atom is -0.460 e. The largest absolute Gasteiger partial charge is 0.460 e. The Bertz CT molecular complexity index is 2030. The van der Waals surface area contributed by atoms with Crippen molar-refractivity contribution in [1.29, 1.82) is 0 Å². The van der Waals surface area contributed by atoms with Gasteiger partial charge in [0.1, 0.15) is 48.6 Å². The van der Waals surface area contributed by atoms with Gasteiger partial charge in [0, 0.05) is 48.4 Å². The van der Waals surface area contributed by atoms with Gasteiger partial charge in [0.2, 0.25) is 12.6 Å². The predicted molar refractivity (Wildman–Crippen MR) is 180 cm³/mol. The van der Waals surface area contributed by atoms with Crippen LogP contribution in [0.1, 0.15) is 53.9 Å². The topological polar surface area (TPSA) is 162 Å². The highest BCUT2D eigenvalue weighted by Crippen LogP contribution is 2.39. The van der Waals surface area contributed by atoms with Gasteiger partial charge in [-0.2, -0.15) is 4.57 Å². The van der Waals surface area contributed by atoms with Gasteiger partial charge >= 0.3 is 12.1 Å². The van der Waals surface area contributed by atoms with Gasteiger partial charge in [-0.25, -0.2) is 32.9 Å². The Morgan fingerprint density at radius 1 is 1.08 bits per heavy atom. The molecule has 0 radical (unpaired) electrons. The molecule has 5 aromatic rings. The Hall–Kier alpha value is -5.74. The Morgan fingerprint density at radius 3 is 2.54 bits per heavy atom. The molecule has 2 aromatic carbocycles. The summed E-state index contributed by atoms with van der Waals surface area (Å²) in [5.74, 6) is -4.34. The Morgan fingerprint density at radius 2 is 1.83 bits per heavy atom. The average Bonchev–Trinajstić information content (AvgIpc) is 3.59. The van der Waals surface area contributed by atoms with Gasteiger partial charge in [-0.1, -0.05) is 48.9 Å². The number of esters is 1. The van der Waals surface area contributed by atoms with Crippen LogP contribution < -0.4 is 15.2 Å². The molecule has 1 amide bonds. The van der Waals surface area contributed by atoms with Crippen LogP contribution in [0, 0.1) is 24.4 Å². The minimum absolute atomic E-state index is 0.178. The van der Waals surface area contributed by atoms with Crippen LogP contribution in [0.5, 0.6) is 0 Å². The van der Waals surface area contributed by atoms with E-state index in [-0.39, 0.29) is 23.7 Å². The predicted octanol–water partition coefficient (Wildman–Crippen LogP) is 4.18. The van der Waals surface area contributed by atoms with Crippen molar-refractivity contribution < 1.29 is 41.9 Å². The summed E-state index contributed by atoms with van der Waals surface area (Å²) in [6.45, 7) is 4.33. The summed E-state index contributed by atoms with van der Waals surface area (Å²) in [4.78, 5) is 38.9. The standard InChI is InChI=1S/C36H38F3N8O5/c1-22-7-9-25(10-8-22)14-31(40)34(48)51-17-26-6-5-13-42-33(26)45(4)35(49)52-24(3)46-20-44-47(21-46)18-36(50,28-12-11-27(37)15-29(28)38)23(2)32-30(39)16-41-19-43-32/h5-13,15-16,19-21,23-24,31,50H,14,17-18,40H2,1-4H3/q+1/t23-,24?,31-,36+/m0/s1. The molecule has 5 rings (SSSR count). The quantitative estimate of drug-likeness (QED) is 0.133. The number of aliphatic hydroxyl groups is 1. The fourth-order valence-electron chi connectivity index (χ4n) is 5.55. The molecule has 52 heavy (non-hydrogen) atoms. The number of halogens is 3. The summed E-state index contributed by atoms with van der Waals surface area (Å²) in [5, 5.41) is 16.2. The third-order valence-corrected chi connectivity index (χ3v) is 8.62. The first kappa shape index (κ1) is 37.5. The maximum Gasteiger partial charge on any atom is 0.418 e. The van der Waals surface area contributed by atoms with Crippen molar-refractivity contribution in [3.8, 4) is 0 Å². The Labute approximate surface area is 297 Å². The molecule has 1 unspecified atom stereocenters. The van der Waals surface area contributed by atoms with E-state index in [4.69, 9.17) is 15.2 Å². The SMILES string of the molecule is Cc1ccc(C[C@H](N)C(=O)OCc2cccnc2N(C)C(=O)OC(C)[n+]2cnn(C[C@](O)(c3ccc(F)cc3F)[C@@H](C)c3ncncc3F)c2)cc1. The maximum atomic E-state index is 15.1. The number of hydrogen-bond donors (Lipinski definition) is 2. The first-order valence-corrected chi connectivity index (χ1v) is 16.2. The van der Waals surface area contributed by atoms with E-state index < -0.39 is 59.8 Å². The van der Waals surface area contributed by atoms with Crippen LogP contribution in [0.3, 0.4) is 0 Å². The van der Waals surface area contributed by atoms with Crippen LogP contribution in [0.2, 0.25) is 0 Å². The molecule has 0 spiro atoms. The molecule has 0 bridgehead atoms. The highest BCUT2D eigenvalue weighted by atomic mass is 19.1. The number of benzene rings is 2. The second kappa shape index (κ2) is 16.1. The molecular weight excluding hydrogens is 681 g/mol. The number of amides is 1. The zero-order valence-corrected chi connectivity index (χ0v) is 28.9. The lowest BCUT2D eigenvalue weighted by molar-refractivity contribution is -0.753. The number of carbonyl (C=O) groups is 2. The molecule has 3 heterocycles. The van der Waals surface area contributed by atoms with Gasteiger partial charge in [0.15, 0.2) is 5.82 Å². The number of hydrogen-bond acceptors (Lipinski definition) is 10. The van der Waals surface area contributed by atoms with E-state index in [2.05, 4.69) is 20.1 Å². The van der Waals surface area contributed by atoms with Crippen molar-refractivity contribution >= 4 is 17.9 Å². The molecular formula is C36H38F3N8O5+. The van der Waals surface area contributed by atoms with Crippen LogP contribution in [0.15, 0.2) is 86.0 Å². The van der Waals surface area contributed by atoms with Crippen molar-refractivity contribution in [2.75, 3.05) is 11.9 Å². The van der Waals surface area contributed by atoms with Crippen molar-refractivity contribution in [3.63, 3.8) is 0 Å². The molecule has 13 nitrogen and oxygen atoms in total. The highest BCUT2D eigenvalue weighted by Gasteiger charge is 2.44. The third kappa shape index (κ3) is 8.58. The molecule has 0 saturated heterocycles. The first-order chi connectivity index (χ1) is 24.8. The van der Waals surface area contributed by atoms with Crippen LogP contribution in [0.25, 0.3) is 0 Å². The molecule has 0 fully saturated rings. The number of aromatic nitrogens is 6. The summed E-state index contributed by atoms with van der Waals surface area (Å²) in [6.07, 6.45) is 4.69. The summed E-state index contributed by atoms with van der Waals surface area (Å²) in [6, 6.07) is 12.7. The molecule has 272 valence electrons. The van der Waals surface area contributed by atoms with Gasteiger partial charge < -0.3 is 20.3 Å². The van der Waals surface area contributed by atoms with Gasteiger partial charge in [-0.3, -0.25) is 9.69 Å². The second-order valence-corrected chi connectivity index (χ2v) is 12.3. The van der Waals surface area contributed by atoms with Crippen LogP contribution in [0.4, 0.5) is 23.8 Å². The number of ether oxygens (including phenoxy) is 2. The second-order valence-electron chi connectivity index (χ2n) is 12.3. The number of aryl methyl sites for hydroxylation is 1. The minimum atomic E-state index is -2.18. The maximum absolute atomic E-state index is 15.1. The zero-order valence-electron chi connectivity index (χ0n) is 28.9. The number of rotatable bonds is 13. The Kier molecular flexibility index (Phi) is 11.6. The molecule has 0 aliphatic heterocycles. The van der Waals surface area contributed by atoms with Gasteiger partial charge in [-0.05, 0) is 31.0 Å². The molecule has 0 aliphatic carbocycles. The van der Waals surface area contributed by atoms with E-state index >= 15 is 4.39 Å². The molecule has 4 atom stereocenters. The summed E-state index contributed by atoms with van der Waals surface area (Å²) < 4.78 is 57.4. The lowest BCUT2D eigenvalue weighted by atomic mass is 9.79. The van der Waals surface area contributed by atoms with E-state index in [0.717, 1.165) is 40.7 Å². The number of anilines is 1. The fourth-order valence-corrected chi connectivity index (χ4v) is 5.55. The van der Waals surface area contributed by atoms with E-state index in [1.165, 1.54) is 42.1 Å². The highest BCUT2D eigenvalue weighted by molar-refractivity contribution is 5.86. The number of carbonyl (C=O) groups excluding carboxylic acids is 2. The van der Waals surface area contributed by atoms with Crippen molar-refractivity contribution in [2.24, 2.45) is 5.73 Å². The fraction of sp³-hybridized carbons (Fsp3) is 0.306. The summed E-state index contributed by atoms with van der Waals surface area (Å²) >= 11 is 0. The lowest BCUT2D eigenvalue weighted by Crippen LogP contribution is -2.42. The van der Waals surface area contributed by atoms with Gasteiger partial charge in [0.25, 0.3) is 6.33 Å². The lowest BCUT2D eigenvalue weighted by Gasteiger charge is -2.32. The van der Waals surface area contributed by atoms with Crippen LogP contribution >= 0.6 is 0 Å². The van der Waals surface area contributed by atoms with E-state index in [1.54, 1.807) is 19.1 Å². The number of nitrogens with zero attached hydrogens (tertiary/aromatic N) is 7. The summed E-state index contributed by atoms with van der Waals surface area (Å²) in [5.41, 5.74) is 5.80. The third-order valence-electron chi connectivity index (χ3n) is 8.62. The Balaban J connectivity index is 1.26. The molecule has 16 heteroatoms. The van der Waals surface area contributed by atoms with Crippen LogP contribution in [-0.2, 0) is 39.4 Å². The van der Waals surface area contributed by atoms with Crippen molar-refractivity contribution in [3.05, 3.63) is 131 Å². The van der Waals surface area contributed by atoms with E-state index in [0.29, 0.717) is 18.1 Å². The van der Waals surface area contributed by atoms with Gasteiger partial charge in [0.05, 0.1) is 11.9 Å². The molecule has 3 aromatic heterocycles. The normalized spacial score (nSPS) is 14.2. The van der Waals surface area contributed by atoms with E-state index in [1.807, 2.05) is 31.2 Å². The zero-order chi connectivity index (χ0) is 37.6. The molecule has 0 saturated carbocycles. The smallest absolute Gasteiger partial charge is 0.418 e. The average molecular weight is 720 g/mol. The molecule has 0 aliphatic rings. The molecule has 3 N–H and O–H groups in total. The first-order valence-electron chi connectivity index (χ1n) is 16.2.